The Morgan fingerprint density at radius 1 is 1.24 bits per heavy atom. The highest BCUT2D eigenvalue weighted by molar-refractivity contribution is 6.17. The number of hydrogen-bond acceptors (Lipinski definition) is 2. The highest BCUT2D eigenvalue weighted by atomic mass is 35.5. The van der Waals surface area contributed by atoms with E-state index in [4.69, 9.17) is 16.3 Å². The molecule has 0 unspecified atom stereocenters. The van der Waals surface area contributed by atoms with Crippen LogP contribution in [0.1, 0.15) is 38.2 Å². The van der Waals surface area contributed by atoms with E-state index in [0.717, 1.165) is 23.6 Å². The molecule has 2 rings (SSSR count). The van der Waals surface area contributed by atoms with Gasteiger partial charge in [-0.25, -0.2) is 0 Å². The number of fused-ring (bicyclic) bond motifs is 1. The quantitative estimate of drug-likeness (QED) is 0.353. The Hall–Kier alpha value is -1.02. The third kappa shape index (κ3) is 5.22. The summed E-state index contributed by atoms with van der Waals surface area (Å²) in [6.07, 6.45) is 5.06. The predicted octanol–water partition coefficient (Wildman–Crippen LogP) is 3.95. The van der Waals surface area contributed by atoms with Crippen molar-refractivity contribution in [1.82, 2.24) is 0 Å². The van der Waals surface area contributed by atoms with E-state index in [1.54, 1.807) is 0 Å². The minimum Gasteiger partial charge on any atom is -0.426 e. The number of unbranched alkanes of at least 4 members (excludes halogenated alkanes) is 2. The minimum absolute atomic E-state index is 0.122. The van der Waals surface area contributed by atoms with Crippen LogP contribution in [0, 0.1) is 0 Å². The summed E-state index contributed by atoms with van der Waals surface area (Å²) in [5.74, 6) is 1.43. The Morgan fingerprint density at radius 2 is 2.00 bits per heavy atom. The van der Waals surface area contributed by atoms with Crippen molar-refractivity contribution in [2.24, 2.45) is 0 Å². The Kier molecular flexibility index (Phi) is 6.71. The van der Waals surface area contributed by atoms with Gasteiger partial charge in [-0.3, -0.25) is 4.79 Å². The fourth-order valence-electron chi connectivity index (χ4n) is 1.56. The van der Waals surface area contributed by atoms with Gasteiger partial charge in [0.15, 0.2) is 0 Å². The van der Waals surface area contributed by atoms with Gasteiger partial charge in [-0.2, -0.15) is 0 Å². The fraction of sp³-hybridized carbons (Fsp3) is 0.500. The molecular weight excluding hydrogens is 236 g/mol. The number of halogens is 1. The molecule has 3 heteroatoms. The molecule has 0 amide bonds. The minimum atomic E-state index is -0.122. The highest BCUT2D eigenvalue weighted by Crippen LogP contribution is 2.23. The molecule has 0 radical (unpaired) electrons. The number of aryl methyl sites for hydroxylation is 1. The van der Waals surface area contributed by atoms with Crippen LogP contribution in [0.4, 0.5) is 0 Å². The average molecular weight is 255 g/mol. The summed E-state index contributed by atoms with van der Waals surface area (Å²) in [6, 6.07) is 7.64. The summed E-state index contributed by atoms with van der Waals surface area (Å²) in [6.45, 7) is 2.17. The van der Waals surface area contributed by atoms with Gasteiger partial charge in [-0.15, -0.1) is 11.6 Å². The van der Waals surface area contributed by atoms with E-state index in [1.165, 1.54) is 19.3 Å². The molecular formula is C14H19ClO2. The van der Waals surface area contributed by atoms with Gasteiger partial charge >= 0.3 is 5.97 Å². The zero-order valence-electron chi connectivity index (χ0n) is 10.2. The van der Waals surface area contributed by atoms with Crippen molar-refractivity contribution < 1.29 is 9.53 Å². The fourth-order valence-corrected chi connectivity index (χ4v) is 1.75. The molecule has 0 spiro atoms. The molecule has 17 heavy (non-hydrogen) atoms. The van der Waals surface area contributed by atoms with Crippen LogP contribution >= 0.6 is 11.6 Å². The average Bonchev–Trinajstić information content (AvgIpc) is 2.37. The first kappa shape index (κ1) is 14.0. The van der Waals surface area contributed by atoms with Crippen LogP contribution in [-0.2, 0) is 11.2 Å². The molecule has 0 bridgehead atoms. The topological polar surface area (TPSA) is 26.3 Å². The van der Waals surface area contributed by atoms with Gasteiger partial charge in [0.2, 0.25) is 0 Å². The van der Waals surface area contributed by atoms with Crippen LogP contribution in [0.15, 0.2) is 24.3 Å². The van der Waals surface area contributed by atoms with Crippen molar-refractivity contribution in [2.75, 3.05) is 5.88 Å². The number of alkyl halides is 1. The molecule has 1 aromatic rings. The first-order chi connectivity index (χ1) is 8.27. The molecule has 0 fully saturated rings. The molecule has 0 N–H and O–H groups in total. The Balaban J connectivity index is 0.000000209. The summed E-state index contributed by atoms with van der Waals surface area (Å²) in [5.41, 5.74) is 1.13. The van der Waals surface area contributed by atoms with Crippen LogP contribution in [0.3, 0.4) is 0 Å². The third-order valence-corrected chi connectivity index (χ3v) is 2.80. The molecule has 0 aliphatic carbocycles. The molecule has 0 saturated carbocycles. The van der Waals surface area contributed by atoms with E-state index in [9.17, 15) is 4.79 Å². The lowest BCUT2D eigenvalue weighted by molar-refractivity contribution is -0.135. The van der Waals surface area contributed by atoms with Crippen molar-refractivity contribution in [3.05, 3.63) is 29.8 Å². The van der Waals surface area contributed by atoms with Crippen molar-refractivity contribution >= 4 is 17.6 Å². The Bertz CT molecular complexity index is 346. The monoisotopic (exact) mass is 254 g/mol. The standard InChI is InChI=1S/C9H8O2.C5H11Cl/c10-9-6-5-7-3-1-2-4-8(7)11-9;1-2-3-4-5-6/h1-4H,5-6H2;2-5H2,1H3. The van der Waals surface area contributed by atoms with E-state index >= 15 is 0 Å². The van der Waals surface area contributed by atoms with E-state index in [0.29, 0.717) is 6.42 Å². The molecule has 0 aromatic heterocycles. The molecule has 1 heterocycles. The summed E-state index contributed by atoms with van der Waals surface area (Å²) in [5, 5.41) is 0. The summed E-state index contributed by atoms with van der Waals surface area (Å²) in [7, 11) is 0. The Morgan fingerprint density at radius 3 is 2.65 bits per heavy atom. The van der Waals surface area contributed by atoms with Crippen LogP contribution in [0.5, 0.6) is 5.75 Å². The molecule has 0 atom stereocenters. The van der Waals surface area contributed by atoms with Gasteiger partial charge in [0.25, 0.3) is 0 Å². The number of rotatable bonds is 3. The van der Waals surface area contributed by atoms with Crippen molar-refractivity contribution in [2.45, 2.75) is 39.0 Å². The summed E-state index contributed by atoms with van der Waals surface area (Å²) in [4.78, 5) is 10.8. The van der Waals surface area contributed by atoms with Crippen molar-refractivity contribution in [1.29, 1.82) is 0 Å². The third-order valence-electron chi connectivity index (χ3n) is 2.53. The number of carbonyl (C=O) groups excluding carboxylic acids is 1. The number of hydrogen-bond donors (Lipinski definition) is 0. The molecule has 1 aliphatic heterocycles. The smallest absolute Gasteiger partial charge is 0.311 e. The number of ether oxygens (including phenoxy) is 1. The number of carbonyl (C=O) groups is 1. The van der Waals surface area contributed by atoms with Crippen molar-refractivity contribution in [3.8, 4) is 5.75 Å². The molecule has 2 nitrogen and oxygen atoms in total. The first-order valence-electron chi connectivity index (χ1n) is 6.12. The lowest BCUT2D eigenvalue weighted by atomic mass is 10.1. The maximum atomic E-state index is 10.8. The Labute approximate surface area is 108 Å². The van der Waals surface area contributed by atoms with Gasteiger partial charge in [-0.05, 0) is 24.5 Å². The number of esters is 1. The van der Waals surface area contributed by atoms with E-state index < -0.39 is 0 Å². The van der Waals surface area contributed by atoms with Gasteiger partial charge in [-0.1, -0.05) is 38.0 Å². The highest BCUT2D eigenvalue weighted by Gasteiger charge is 2.15. The van der Waals surface area contributed by atoms with E-state index in [2.05, 4.69) is 6.92 Å². The van der Waals surface area contributed by atoms with Gasteiger partial charge in [0.1, 0.15) is 5.75 Å². The van der Waals surface area contributed by atoms with E-state index in [-0.39, 0.29) is 5.97 Å². The summed E-state index contributed by atoms with van der Waals surface area (Å²) >= 11 is 5.38. The molecule has 1 aliphatic rings. The molecule has 94 valence electrons. The van der Waals surface area contributed by atoms with Gasteiger partial charge < -0.3 is 4.74 Å². The van der Waals surface area contributed by atoms with E-state index in [1.807, 2.05) is 24.3 Å². The van der Waals surface area contributed by atoms with Gasteiger partial charge in [0.05, 0.1) is 6.42 Å². The largest absolute Gasteiger partial charge is 0.426 e. The maximum Gasteiger partial charge on any atom is 0.311 e. The first-order valence-corrected chi connectivity index (χ1v) is 6.66. The lowest BCUT2D eigenvalue weighted by Gasteiger charge is -2.13. The van der Waals surface area contributed by atoms with Crippen LogP contribution < -0.4 is 4.74 Å². The second-order valence-electron chi connectivity index (χ2n) is 3.98. The van der Waals surface area contributed by atoms with Crippen LogP contribution in [0.25, 0.3) is 0 Å². The zero-order valence-corrected chi connectivity index (χ0v) is 11.0. The normalized spacial score (nSPS) is 13.2. The predicted molar refractivity (Wildman–Crippen MR) is 70.6 cm³/mol. The number of para-hydroxylation sites is 1. The SMILES string of the molecule is CCCCCCl.O=C1CCc2ccccc2O1. The number of benzene rings is 1. The van der Waals surface area contributed by atoms with Crippen LogP contribution in [0.2, 0.25) is 0 Å². The molecule has 1 aromatic carbocycles. The lowest BCUT2D eigenvalue weighted by Crippen LogP contribution is -2.15. The summed E-state index contributed by atoms with van der Waals surface area (Å²) < 4.78 is 4.99. The van der Waals surface area contributed by atoms with Gasteiger partial charge in [0, 0.05) is 5.88 Å². The second-order valence-corrected chi connectivity index (χ2v) is 4.36. The van der Waals surface area contributed by atoms with Crippen LogP contribution in [-0.4, -0.2) is 11.8 Å². The maximum absolute atomic E-state index is 10.8. The molecule has 0 saturated heterocycles. The second kappa shape index (κ2) is 8.13. The zero-order chi connectivity index (χ0) is 12.5. The van der Waals surface area contributed by atoms with Crippen molar-refractivity contribution in [3.63, 3.8) is 0 Å².